The molecule has 18 heteroatoms. The topological polar surface area (TPSA) is 193 Å². The second-order valence-corrected chi connectivity index (χ2v) is 20.7. The maximum atomic E-state index is 14.2. The molecule has 3 N–H and O–H groups in total. The molecule has 2 aliphatic heterocycles. The molecule has 16 nitrogen and oxygen atoms in total. The van der Waals surface area contributed by atoms with Gasteiger partial charge in [-0.25, -0.2) is 9.78 Å². The van der Waals surface area contributed by atoms with Crippen molar-refractivity contribution < 1.29 is 33.8 Å². The molecule has 8 rings (SSSR count). The number of aliphatic hydroxyl groups excluding tert-OH is 1. The summed E-state index contributed by atoms with van der Waals surface area (Å²) in [7, 11) is 2.96. The van der Waals surface area contributed by atoms with Crippen molar-refractivity contribution in [3.05, 3.63) is 123 Å². The summed E-state index contributed by atoms with van der Waals surface area (Å²) in [5.41, 5.74) is 9.42. The summed E-state index contributed by atoms with van der Waals surface area (Å²) in [6.07, 6.45) is -2.17. The molecule has 0 bridgehead atoms. The lowest BCUT2D eigenvalue weighted by atomic mass is 9.85. The number of nitrogens with one attached hydrogen (secondary N) is 2. The molecule has 5 heterocycles. The molecule has 6 aromatic rings. The summed E-state index contributed by atoms with van der Waals surface area (Å²) in [4.78, 5) is 68.8. The third-order valence-electron chi connectivity index (χ3n) is 12.7. The van der Waals surface area contributed by atoms with Crippen molar-refractivity contribution in [2.24, 2.45) is 10.4 Å². The number of ether oxygens (including phenoxy) is 2. The van der Waals surface area contributed by atoms with Crippen molar-refractivity contribution in [1.29, 1.82) is 0 Å². The molecule has 69 heavy (non-hydrogen) atoms. The van der Waals surface area contributed by atoms with Crippen molar-refractivity contribution in [3.63, 3.8) is 0 Å². The number of aryl methyl sites for hydroxylation is 3. The molecule has 3 aromatic carbocycles. The van der Waals surface area contributed by atoms with Gasteiger partial charge in [0.05, 0.1) is 41.0 Å². The number of likely N-dealkylation sites (tertiary alicyclic amines) is 1. The van der Waals surface area contributed by atoms with Gasteiger partial charge in [-0.1, -0.05) is 81.4 Å². The monoisotopic (exact) mass is 971 g/mol. The Morgan fingerprint density at radius 2 is 1.54 bits per heavy atom. The number of fused-ring (bicyclic) bond motifs is 3. The minimum atomic E-state index is -1.01. The summed E-state index contributed by atoms with van der Waals surface area (Å²) >= 11 is 3.20. The molecule has 1 saturated heterocycles. The summed E-state index contributed by atoms with van der Waals surface area (Å²) < 4.78 is 12.9. The predicted octanol–water partition coefficient (Wildman–Crippen LogP) is 7.65. The molecule has 0 spiro atoms. The Hall–Kier alpha value is -6.76. The highest BCUT2D eigenvalue weighted by atomic mass is 32.1. The number of thiazole rings is 1. The third-order valence-corrected chi connectivity index (χ3v) is 14.9. The Kier molecular flexibility index (Phi) is 13.9. The number of β-amino-alcohol motifs (C(OH)–C–C–N with tert-alkyl or cyclic N) is 1. The molecule has 2 aliphatic rings. The molecule has 360 valence electrons. The van der Waals surface area contributed by atoms with E-state index in [9.17, 15) is 24.3 Å². The number of aromatic nitrogens is 4. The lowest BCUT2D eigenvalue weighted by Crippen LogP contribution is -2.58. The van der Waals surface area contributed by atoms with Gasteiger partial charge < -0.3 is 30.1 Å². The zero-order valence-electron chi connectivity index (χ0n) is 40.4. The first-order chi connectivity index (χ1) is 32.8. The maximum Gasteiger partial charge on any atom is 0.411 e. The van der Waals surface area contributed by atoms with E-state index in [4.69, 9.17) is 14.5 Å². The Bertz CT molecular complexity index is 2920. The number of aliphatic hydroxyl groups is 1. The lowest BCUT2D eigenvalue weighted by Gasteiger charge is -2.35. The number of amides is 4. The van der Waals surface area contributed by atoms with Crippen LogP contribution in [-0.2, 0) is 19.1 Å². The molecule has 1 fully saturated rings. The number of hydrogen-bond acceptors (Lipinski definition) is 13. The molecule has 2 unspecified atom stereocenters. The third kappa shape index (κ3) is 9.91. The Balaban J connectivity index is 0.912. The number of carbonyl (C=O) groups excluding carboxylic acids is 4. The van der Waals surface area contributed by atoms with Crippen LogP contribution in [0.2, 0.25) is 0 Å². The van der Waals surface area contributed by atoms with Gasteiger partial charge in [0, 0.05) is 36.0 Å². The molecule has 5 atom stereocenters. The quantitative estimate of drug-likeness (QED) is 0.110. The van der Waals surface area contributed by atoms with Crippen LogP contribution in [0.15, 0.2) is 83.3 Å². The Morgan fingerprint density at radius 1 is 0.899 bits per heavy atom. The number of hydrogen-bond donors (Lipinski definition) is 3. The standard InChI is InChI=1S/C51H57N9O7S2/c1-27-30(4)69-49-41(27)42(55-45(58(9)50(65)66-10)46-57-56-31(5)60(46)49)35-15-13-33(14-16-35)34-19-21-38(22-20-34)67-25-40(62)54-44(51(6,7)8)48(64)59-24-37(61)23-39(59)47(63)53-28(2)32-11-17-36(18-12-32)43-29(3)52-26-68-43/h11-22,26,28,37,39,44-45,61H,23-25H2,1-10H3,(H,53,63)(H,54,62)/t28-,37+,39-,44?,45?/m0/s1. The highest BCUT2D eigenvalue weighted by Crippen LogP contribution is 2.40. The van der Waals surface area contributed by atoms with Crippen LogP contribution in [0.25, 0.3) is 26.6 Å². The van der Waals surface area contributed by atoms with Crippen LogP contribution in [0.5, 0.6) is 5.75 Å². The van der Waals surface area contributed by atoms with Crippen LogP contribution in [-0.4, -0.2) is 110 Å². The number of carbonyl (C=O) groups is 4. The van der Waals surface area contributed by atoms with E-state index in [2.05, 4.69) is 39.7 Å². The van der Waals surface area contributed by atoms with Gasteiger partial charge in [-0.2, -0.15) is 0 Å². The number of benzene rings is 3. The predicted molar refractivity (Wildman–Crippen MR) is 266 cm³/mol. The number of methoxy groups -OCH3 is 1. The van der Waals surface area contributed by atoms with Gasteiger partial charge in [0.1, 0.15) is 28.7 Å². The number of nitrogens with zero attached hydrogens (tertiary/aromatic N) is 7. The fourth-order valence-corrected chi connectivity index (χ4v) is 10.8. The van der Waals surface area contributed by atoms with Crippen molar-refractivity contribution in [2.75, 3.05) is 27.3 Å². The average Bonchev–Trinajstić information content (AvgIpc) is 4.10. The average molecular weight is 972 g/mol. The minimum Gasteiger partial charge on any atom is -0.484 e. The van der Waals surface area contributed by atoms with Gasteiger partial charge in [-0.3, -0.25) is 28.8 Å². The highest BCUT2D eigenvalue weighted by molar-refractivity contribution is 7.15. The summed E-state index contributed by atoms with van der Waals surface area (Å²) in [6, 6.07) is 21.0. The number of rotatable bonds is 12. The van der Waals surface area contributed by atoms with Crippen molar-refractivity contribution in [2.45, 2.75) is 92.2 Å². The normalized spacial score (nSPS) is 17.5. The summed E-state index contributed by atoms with van der Waals surface area (Å²) in [5, 5.41) is 26.3. The van der Waals surface area contributed by atoms with Crippen LogP contribution >= 0.6 is 22.7 Å². The van der Waals surface area contributed by atoms with E-state index in [1.54, 1.807) is 41.9 Å². The second kappa shape index (κ2) is 19.7. The highest BCUT2D eigenvalue weighted by Gasteiger charge is 2.45. The first kappa shape index (κ1) is 48.7. The minimum absolute atomic E-state index is 0.0364. The summed E-state index contributed by atoms with van der Waals surface area (Å²) in [5.74, 6) is 0.305. The van der Waals surface area contributed by atoms with E-state index in [0.717, 1.165) is 65.1 Å². The number of aliphatic imine (C=N–C) groups is 1. The Morgan fingerprint density at radius 3 is 2.16 bits per heavy atom. The van der Waals surface area contributed by atoms with Gasteiger partial charge >= 0.3 is 6.09 Å². The molecule has 3 aromatic heterocycles. The van der Waals surface area contributed by atoms with Crippen molar-refractivity contribution in [3.8, 4) is 32.3 Å². The first-order valence-corrected chi connectivity index (χ1v) is 24.4. The summed E-state index contributed by atoms with van der Waals surface area (Å²) in [6.45, 7) is 15.0. The smallest absolute Gasteiger partial charge is 0.411 e. The van der Waals surface area contributed by atoms with Crippen LogP contribution in [0.4, 0.5) is 4.79 Å². The maximum absolute atomic E-state index is 14.2. The van der Waals surface area contributed by atoms with Crippen LogP contribution in [0.3, 0.4) is 0 Å². The lowest BCUT2D eigenvalue weighted by molar-refractivity contribution is -0.144. The number of thiophene rings is 1. The van der Waals surface area contributed by atoms with E-state index in [1.165, 1.54) is 16.9 Å². The van der Waals surface area contributed by atoms with E-state index >= 15 is 0 Å². The van der Waals surface area contributed by atoms with Gasteiger partial charge in [-0.15, -0.1) is 32.9 Å². The van der Waals surface area contributed by atoms with Gasteiger partial charge in [-0.05, 0) is 80.0 Å². The molecule has 0 aliphatic carbocycles. The van der Waals surface area contributed by atoms with Crippen LogP contribution in [0, 0.1) is 33.1 Å². The fourth-order valence-electron chi connectivity index (χ4n) is 8.74. The van der Waals surface area contributed by atoms with E-state index in [1.807, 2.05) is 112 Å². The van der Waals surface area contributed by atoms with Gasteiger partial charge in [0.15, 0.2) is 18.6 Å². The largest absolute Gasteiger partial charge is 0.484 e. The van der Waals surface area contributed by atoms with E-state index in [0.29, 0.717) is 17.4 Å². The molecular weight excluding hydrogens is 915 g/mol. The molecule has 0 saturated carbocycles. The fraction of sp³-hybridized carbons (Fsp3) is 0.373. The van der Waals surface area contributed by atoms with Gasteiger partial charge in [0.2, 0.25) is 11.8 Å². The van der Waals surface area contributed by atoms with Crippen molar-refractivity contribution in [1.82, 2.24) is 40.2 Å². The molecule has 0 radical (unpaired) electrons. The zero-order chi connectivity index (χ0) is 49.5. The Labute approximate surface area is 409 Å². The van der Waals surface area contributed by atoms with Gasteiger partial charge in [0.25, 0.3) is 5.91 Å². The first-order valence-electron chi connectivity index (χ1n) is 22.7. The second-order valence-electron chi connectivity index (χ2n) is 18.6. The molecule has 4 amide bonds. The SMILES string of the molecule is COC(=O)N(C)C1N=C(c2ccc(-c3ccc(OCC(=O)NC(C(=O)N4C[C@H](O)C[C@H]4C(=O)N[C@@H](C)c4ccc(-c5scnc5C)cc4)C(C)(C)C)cc3)cc2)c2c(sc(C)c2C)-n2c(C)nnc21. The molecular formula is C51H57N9O7S2. The van der Waals surface area contributed by atoms with Crippen molar-refractivity contribution >= 4 is 52.2 Å². The van der Waals surface area contributed by atoms with Crippen LogP contribution < -0.4 is 15.4 Å². The van der Waals surface area contributed by atoms with Crippen LogP contribution in [0.1, 0.15) is 90.8 Å². The van der Waals surface area contributed by atoms with E-state index in [-0.39, 0.29) is 31.5 Å². The zero-order valence-corrected chi connectivity index (χ0v) is 42.0. The van der Waals surface area contributed by atoms with E-state index < -0.39 is 47.7 Å².